The highest BCUT2D eigenvalue weighted by molar-refractivity contribution is 5.77. The molecule has 1 aromatic rings. The summed E-state index contributed by atoms with van der Waals surface area (Å²) in [6.07, 6.45) is 1.07. The van der Waals surface area contributed by atoms with Crippen LogP contribution in [0.4, 0.5) is 0 Å². The van der Waals surface area contributed by atoms with E-state index in [9.17, 15) is 4.79 Å². The van der Waals surface area contributed by atoms with Gasteiger partial charge in [0.2, 0.25) is 0 Å². The molecule has 1 aromatic heterocycles. The Morgan fingerprint density at radius 3 is 2.79 bits per heavy atom. The number of nitrogens with one attached hydrogen (secondary N) is 1. The highest BCUT2D eigenvalue weighted by Gasteiger charge is 2.09. The van der Waals surface area contributed by atoms with E-state index in [2.05, 4.69) is 17.2 Å². The van der Waals surface area contributed by atoms with Crippen LogP contribution in [0.25, 0.3) is 0 Å². The zero-order valence-electron chi connectivity index (χ0n) is 12.2. The molecule has 0 spiro atoms. The van der Waals surface area contributed by atoms with Crippen LogP contribution >= 0.6 is 0 Å². The van der Waals surface area contributed by atoms with E-state index >= 15 is 0 Å². The van der Waals surface area contributed by atoms with Gasteiger partial charge in [0.15, 0.2) is 6.61 Å². The highest BCUT2D eigenvalue weighted by Crippen LogP contribution is 2.16. The normalized spacial score (nSPS) is 10.3. The molecular formula is C14H23N3O2. The number of hydrogen-bond donors (Lipinski definition) is 1. The summed E-state index contributed by atoms with van der Waals surface area (Å²) < 4.78 is 5.55. The zero-order chi connectivity index (χ0) is 14.3. The Morgan fingerprint density at radius 1 is 1.42 bits per heavy atom. The third-order valence-electron chi connectivity index (χ3n) is 2.64. The number of rotatable bonds is 7. The molecule has 0 saturated heterocycles. The first kappa shape index (κ1) is 15.4. The molecule has 0 aliphatic heterocycles. The van der Waals surface area contributed by atoms with Gasteiger partial charge in [0.05, 0.1) is 5.69 Å². The smallest absolute Gasteiger partial charge is 0.259 e. The van der Waals surface area contributed by atoms with Gasteiger partial charge >= 0.3 is 0 Å². The molecule has 0 aliphatic rings. The first-order valence-corrected chi connectivity index (χ1v) is 6.54. The largest absolute Gasteiger partial charge is 0.482 e. The lowest BCUT2D eigenvalue weighted by atomic mass is 10.2. The van der Waals surface area contributed by atoms with Gasteiger partial charge in [-0.1, -0.05) is 6.92 Å². The van der Waals surface area contributed by atoms with Crippen molar-refractivity contribution in [2.75, 3.05) is 27.2 Å². The van der Waals surface area contributed by atoms with E-state index in [4.69, 9.17) is 4.74 Å². The first-order chi connectivity index (χ1) is 9.04. The van der Waals surface area contributed by atoms with Crippen molar-refractivity contribution < 1.29 is 9.53 Å². The maximum atomic E-state index is 11.5. The Bertz CT molecular complexity index is 419. The van der Waals surface area contributed by atoms with Crippen molar-refractivity contribution in [3.63, 3.8) is 0 Å². The van der Waals surface area contributed by atoms with Crippen molar-refractivity contribution in [1.82, 2.24) is 15.2 Å². The molecule has 0 bridgehead atoms. The van der Waals surface area contributed by atoms with Gasteiger partial charge in [-0.2, -0.15) is 0 Å². The molecule has 5 nitrogen and oxygen atoms in total. The maximum Gasteiger partial charge on any atom is 0.259 e. The van der Waals surface area contributed by atoms with E-state index in [0.29, 0.717) is 12.3 Å². The molecule has 0 radical (unpaired) electrons. The zero-order valence-corrected chi connectivity index (χ0v) is 12.2. The Hall–Kier alpha value is -1.62. The number of aromatic nitrogens is 1. The van der Waals surface area contributed by atoms with Crippen LogP contribution in [-0.4, -0.2) is 43.0 Å². The van der Waals surface area contributed by atoms with E-state index in [1.54, 1.807) is 14.1 Å². The molecule has 1 heterocycles. The Kier molecular flexibility index (Phi) is 6.29. The lowest BCUT2D eigenvalue weighted by molar-refractivity contribution is -0.130. The quantitative estimate of drug-likeness (QED) is 0.756. The third kappa shape index (κ3) is 5.26. The third-order valence-corrected chi connectivity index (χ3v) is 2.64. The summed E-state index contributed by atoms with van der Waals surface area (Å²) in [5, 5.41) is 3.29. The summed E-state index contributed by atoms with van der Waals surface area (Å²) >= 11 is 0. The van der Waals surface area contributed by atoms with Gasteiger partial charge in [-0.05, 0) is 32.0 Å². The van der Waals surface area contributed by atoms with Gasteiger partial charge in [0.1, 0.15) is 5.75 Å². The standard InChI is InChI=1S/C14H23N3O2/c1-5-8-15-9-12-13(7-6-11(2)16-12)19-10-14(18)17(3)4/h6-7,15H,5,8-10H2,1-4H3. The molecule has 0 saturated carbocycles. The molecule has 1 amide bonds. The Labute approximate surface area is 115 Å². The molecule has 0 aliphatic carbocycles. The average Bonchev–Trinajstić information content (AvgIpc) is 2.37. The van der Waals surface area contributed by atoms with Crippen molar-refractivity contribution in [2.45, 2.75) is 26.8 Å². The van der Waals surface area contributed by atoms with Crippen LogP contribution in [0.5, 0.6) is 5.75 Å². The van der Waals surface area contributed by atoms with Crippen molar-refractivity contribution >= 4 is 5.91 Å². The van der Waals surface area contributed by atoms with Crippen LogP contribution in [-0.2, 0) is 11.3 Å². The Morgan fingerprint density at radius 2 is 2.16 bits per heavy atom. The van der Waals surface area contributed by atoms with Gasteiger partial charge in [-0.25, -0.2) is 0 Å². The average molecular weight is 265 g/mol. The van der Waals surface area contributed by atoms with Gasteiger partial charge in [0, 0.05) is 26.3 Å². The minimum Gasteiger partial charge on any atom is -0.482 e. The first-order valence-electron chi connectivity index (χ1n) is 6.54. The summed E-state index contributed by atoms with van der Waals surface area (Å²) in [7, 11) is 3.42. The molecule has 0 fully saturated rings. The molecule has 106 valence electrons. The van der Waals surface area contributed by atoms with E-state index < -0.39 is 0 Å². The monoisotopic (exact) mass is 265 g/mol. The lowest BCUT2D eigenvalue weighted by Gasteiger charge is -2.14. The second kappa shape index (κ2) is 7.74. The number of pyridine rings is 1. The SMILES string of the molecule is CCCNCc1nc(C)ccc1OCC(=O)N(C)C. The van der Waals surface area contributed by atoms with Crippen LogP contribution in [0.2, 0.25) is 0 Å². The summed E-state index contributed by atoms with van der Waals surface area (Å²) in [4.78, 5) is 17.5. The van der Waals surface area contributed by atoms with Gasteiger partial charge in [0.25, 0.3) is 5.91 Å². The Balaban J connectivity index is 2.67. The predicted octanol–water partition coefficient (Wildman–Crippen LogP) is 1.36. The van der Waals surface area contributed by atoms with Crippen molar-refractivity contribution in [3.8, 4) is 5.75 Å². The van der Waals surface area contributed by atoms with Crippen LogP contribution in [0.15, 0.2) is 12.1 Å². The number of carbonyl (C=O) groups is 1. The van der Waals surface area contributed by atoms with Crippen LogP contribution in [0, 0.1) is 6.92 Å². The maximum absolute atomic E-state index is 11.5. The number of aryl methyl sites for hydroxylation is 1. The predicted molar refractivity (Wildman–Crippen MR) is 75.2 cm³/mol. The number of carbonyl (C=O) groups excluding carboxylic acids is 1. The number of hydrogen-bond acceptors (Lipinski definition) is 4. The van der Waals surface area contributed by atoms with Gasteiger partial charge in [-0.3, -0.25) is 9.78 Å². The highest BCUT2D eigenvalue weighted by atomic mass is 16.5. The van der Waals surface area contributed by atoms with E-state index in [-0.39, 0.29) is 12.5 Å². The molecule has 19 heavy (non-hydrogen) atoms. The topological polar surface area (TPSA) is 54.5 Å². The summed E-state index contributed by atoms with van der Waals surface area (Å²) in [6, 6.07) is 3.76. The molecule has 0 atom stereocenters. The fourth-order valence-electron chi connectivity index (χ4n) is 1.51. The van der Waals surface area contributed by atoms with Crippen molar-refractivity contribution in [2.24, 2.45) is 0 Å². The van der Waals surface area contributed by atoms with Crippen molar-refractivity contribution in [3.05, 3.63) is 23.5 Å². The molecule has 1 rings (SSSR count). The molecular weight excluding hydrogens is 242 g/mol. The fraction of sp³-hybridized carbons (Fsp3) is 0.571. The van der Waals surface area contributed by atoms with E-state index in [1.807, 2.05) is 19.1 Å². The van der Waals surface area contributed by atoms with Gasteiger partial charge in [-0.15, -0.1) is 0 Å². The summed E-state index contributed by atoms with van der Waals surface area (Å²) in [6.45, 7) is 5.69. The lowest BCUT2D eigenvalue weighted by Crippen LogP contribution is -2.28. The molecule has 1 N–H and O–H groups in total. The number of nitrogens with zero attached hydrogens (tertiary/aromatic N) is 2. The minimum absolute atomic E-state index is 0.0402. The van der Waals surface area contributed by atoms with Crippen LogP contribution < -0.4 is 10.1 Å². The number of likely N-dealkylation sites (N-methyl/N-ethyl adjacent to an activating group) is 1. The molecule has 0 aromatic carbocycles. The van der Waals surface area contributed by atoms with Crippen molar-refractivity contribution in [1.29, 1.82) is 0 Å². The van der Waals surface area contributed by atoms with Gasteiger partial charge < -0.3 is 15.0 Å². The summed E-state index contributed by atoms with van der Waals surface area (Å²) in [5.74, 6) is 0.609. The molecule has 5 heteroatoms. The van der Waals surface area contributed by atoms with Crippen LogP contribution in [0.3, 0.4) is 0 Å². The second-order valence-corrected chi connectivity index (χ2v) is 4.65. The minimum atomic E-state index is -0.0620. The number of amides is 1. The van der Waals surface area contributed by atoms with E-state index in [1.165, 1.54) is 4.90 Å². The summed E-state index contributed by atoms with van der Waals surface area (Å²) in [5.41, 5.74) is 1.79. The number of ether oxygens (including phenoxy) is 1. The second-order valence-electron chi connectivity index (χ2n) is 4.65. The van der Waals surface area contributed by atoms with Crippen LogP contribution in [0.1, 0.15) is 24.7 Å². The molecule has 0 unspecified atom stereocenters. The fourth-order valence-corrected chi connectivity index (χ4v) is 1.51. The van der Waals surface area contributed by atoms with E-state index in [0.717, 1.165) is 24.4 Å².